The number of hydrogen-bond acceptors (Lipinski definition) is 4. The normalized spacial score (nSPS) is 16.8. The highest BCUT2D eigenvalue weighted by atomic mass is 32.2. The quantitative estimate of drug-likeness (QED) is 0.705. The van der Waals surface area contributed by atoms with E-state index in [1.165, 1.54) is 0 Å². The van der Waals surface area contributed by atoms with E-state index in [-0.39, 0.29) is 0 Å². The molecule has 120 valence electrons. The van der Waals surface area contributed by atoms with Gasteiger partial charge in [0.15, 0.2) is 0 Å². The second-order valence-corrected chi connectivity index (χ2v) is 6.90. The zero-order valence-electron chi connectivity index (χ0n) is 12.3. The average Bonchev–Trinajstić information content (AvgIpc) is 3.27. The number of carboxylic acids is 1. The van der Waals surface area contributed by atoms with Gasteiger partial charge in [-0.15, -0.1) is 0 Å². The Morgan fingerprint density at radius 2 is 2.14 bits per heavy atom. The predicted molar refractivity (Wildman–Crippen MR) is 83.0 cm³/mol. The third-order valence-corrected chi connectivity index (χ3v) is 4.90. The Labute approximate surface area is 131 Å². The number of rotatable bonds is 8. The lowest BCUT2D eigenvalue weighted by Crippen LogP contribution is -2.31. The number of carbonyl (C=O) groups excluding carboxylic acids is 1. The summed E-state index contributed by atoms with van der Waals surface area (Å²) in [6.45, 7) is 0.435. The summed E-state index contributed by atoms with van der Waals surface area (Å²) in [5.74, 6) is -0.744. The Morgan fingerprint density at radius 3 is 2.73 bits per heavy atom. The van der Waals surface area contributed by atoms with Crippen LogP contribution in [0.3, 0.4) is 0 Å². The van der Waals surface area contributed by atoms with Crippen molar-refractivity contribution < 1.29 is 23.6 Å². The van der Waals surface area contributed by atoms with E-state index in [0.717, 1.165) is 5.56 Å². The molecule has 1 aromatic carbocycles. The third-order valence-electron chi connectivity index (χ3n) is 3.62. The average molecular weight is 325 g/mol. The zero-order chi connectivity index (χ0) is 16.2. The summed E-state index contributed by atoms with van der Waals surface area (Å²) in [7, 11) is 0.523. The van der Waals surface area contributed by atoms with E-state index < -0.39 is 28.1 Å². The fourth-order valence-corrected chi connectivity index (χ4v) is 3.14. The van der Waals surface area contributed by atoms with Crippen molar-refractivity contribution in [2.24, 2.45) is 5.41 Å². The van der Waals surface area contributed by atoms with Crippen LogP contribution in [-0.2, 0) is 30.9 Å². The molecule has 0 radical (unpaired) electrons. The van der Waals surface area contributed by atoms with Crippen LogP contribution in [-0.4, -0.2) is 40.7 Å². The molecule has 0 spiro atoms. The predicted octanol–water partition coefficient (Wildman–Crippen LogP) is 1.38. The Balaban J connectivity index is 1.98. The summed E-state index contributed by atoms with van der Waals surface area (Å²) in [6.07, 6.45) is 0.740. The molecule has 1 aromatic rings. The van der Waals surface area contributed by atoms with E-state index in [1.54, 1.807) is 25.3 Å². The van der Waals surface area contributed by atoms with Gasteiger partial charge in [0.2, 0.25) is 5.91 Å². The smallest absolute Gasteiger partial charge is 0.319 e. The first-order valence-corrected chi connectivity index (χ1v) is 8.44. The summed E-state index contributed by atoms with van der Waals surface area (Å²) in [5.41, 5.74) is 0.0864. The number of aliphatic carboxylic acids is 1. The number of anilines is 1. The molecule has 7 heteroatoms. The van der Waals surface area contributed by atoms with E-state index in [9.17, 15) is 13.8 Å². The molecular weight excluding hydrogens is 306 g/mol. The maximum Gasteiger partial charge on any atom is 0.319 e. The molecule has 1 atom stereocenters. The van der Waals surface area contributed by atoms with Gasteiger partial charge < -0.3 is 15.2 Å². The van der Waals surface area contributed by atoms with Crippen molar-refractivity contribution in [1.82, 2.24) is 0 Å². The SMILES string of the molecule is COCCS(=O)Cc1cccc(NC(=O)C2(C(=O)O)CC2)c1. The van der Waals surface area contributed by atoms with Crippen LogP contribution in [0.15, 0.2) is 24.3 Å². The number of carbonyl (C=O) groups is 2. The van der Waals surface area contributed by atoms with Crippen molar-refractivity contribution >= 4 is 28.4 Å². The van der Waals surface area contributed by atoms with Crippen LogP contribution in [0.5, 0.6) is 0 Å². The van der Waals surface area contributed by atoms with Gasteiger partial charge in [0.05, 0.1) is 6.61 Å². The van der Waals surface area contributed by atoms with Gasteiger partial charge in [-0.1, -0.05) is 12.1 Å². The number of methoxy groups -OCH3 is 1. The maximum absolute atomic E-state index is 12.0. The Morgan fingerprint density at radius 1 is 1.41 bits per heavy atom. The lowest BCUT2D eigenvalue weighted by molar-refractivity contribution is -0.147. The van der Waals surface area contributed by atoms with Crippen LogP contribution in [0.4, 0.5) is 5.69 Å². The molecule has 2 rings (SSSR count). The molecule has 0 heterocycles. The highest BCUT2D eigenvalue weighted by Crippen LogP contribution is 2.46. The first-order valence-electron chi connectivity index (χ1n) is 6.95. The van der Waals surface area contributed by atoms with Gasteiger partial charge in [-0.05, 0) is 30.5 Å². The van der Waals surface area contributed by atoms with Crippen molar-refractivity contribution in [2.75, 3.05) is 24.8 Å². The molecule has 0 bridgehead atoms. The molecule has 1 saturated carbocycles. The number of amides is 1. The van der Waals surface area contributed by atoms with Gasteiger partial charge in [0, 0.05) is 35.1 Å². The van der Waals surface area contributed by atoms with Gasteiger partial charge in [0.25, 0.3) is 0 Å². The second-order valence-electron chi connectivity index (χ2n) is 5.32. The number of benzene rings is 1. The molecule has 0 saturated heterocycles. The van der Waals surface area contributed by atoms with E-state index >= 15 is 0 Å². The number of ether oxygens (including phenoxy) is 1. The van der Waals surface area contributed by atoms with E-state index in [0.29, 0.717) is 36.6 Å². The van der Waals surface area contributed by atoms with Crippen molar-refractivity contribution in [3.8, 4) is 0 Å². The van der Waals surface area contributed by atoms with Gasteiger partial charge in [0.1, 0.15) is 5.41 Å². The maximum atomic E-state index is 12.0. The summed E-state index contributed by atoms with van der Waals surface area (Å²) >= 11 is 0. The van der Waals surface area contributed by atoms with Crippen molar-refractivity contribution in [1.29, 1.82) is 0 Å². The number of nitrogens with one attached hydrogen (secondary N) is 1. The Bertz CT molecular complexity index is 597. The van der Waals surface area contributed by atoms with Crippen LogP contribution >= 0.6 is 0 Å². The van der Waals surface area contributed by atoms with Crippen LogP contribution in [0, 0.1) is 5.41 Å². The fraction of sp³-hybridized carbons (Fsp3) is 0.467. The van der Waals surface area contributed by atoms with Crippen molar-refractivity contribution in [2.45, 2.75) is 18.6 Å². The molecule has 2 N–H and O–H groups in total. The molecule has 1 aliphatic rings. The topological polar surface area (TPSA) is 92.7 Å². The molecule has 1 unspecified atom stereocenters. The number of carboxylic acid groups (broad SMARTS) is 1. The lowest BCUT2D eigenvalue weighted by atomic mass is 10.1. The van der Waals surface area contributed by atoms with Crippen LogP contribution in [0.25, 0.3) is 0 Å². The van der Waals surface area contributed by atoms with Gasteiger partial charge in [-0.25, -0.2) is 0 Å². The first-order chi connectivity index (χ1) is 10.5. The minimum Gasteiger partial charge on any atom is -0.480 e. The molecule has 22 heavy (non-hydrogen) atoms. The fourth-order valence-electron chi connectivity index (χ4n) is 2.09. The van der Waals surface area contributed by atoms with Crippen LogP contribution in [0.1, 0.15) is 18.4 Å². The second kappa shape index (κ2) is 7.02. The molecule has 1 fully saturated rings. The van der Waals surface area contributed by atoms with E-state index in [2.05, 4.69) is 5.32 Å². The van der Waals surface area contributed by atoms with Crippen LogP contribution < -0.4 is 5.32 Å². The summed E-state index contributed by atoms with van der Waals surface area (Å²) in [5, 5.41) is 11.7. The number of hydrogen-bond donors (Lipinski definition) is 2. The van der Waals surface area contributed by atoms with E-state index in [4.69, 9.17) is 9.84 Å². The summed E-state index contributed by atoms with van der Waals surface area (Å²) < 4.78 is 16.7. The Hall–Kier alpha value is -1.73. The van der Waals surface area contributed by atoms with Gasteiger partial charge in [-0.3, -0.25) is 13.8 Å². The minimum absolute atomic E-state index is 0.370. The van der Waals surface area contributed by atoms with Crippen molar-refractivity contribution in [3.05, 3.63) is 29.8 Å². The molecule has 1 amide bonds. The standard InChI is InChI=1S/C15H19NO5S/c1-21-7-8-22(20)10-11-3-2-4-12(9-11)16-13(17)15(5-6-15)14(18)19/h2-4,9H,5-8,10H2,1H3,(H,16,17)(H,18,19). The highest BCUT2D eigenvalue weighted by Gasteiger charge is 2.57. The minimum atomic E-state index is -1.27. The first kappa shape index (κ1) is 16.6. The third kappa shape index (κ3) is 3.92. The van der Waals surface area contributed by atoms with Gasteiger partial charge >= 0.3 is 5.97 Å². The van der Waals surface area contributed by atoms with Gasteiger partial charge in [-0.2, -0.15) is 0 Å². The molecule has 0 aliphatic heterocycles. The highest BCUT2D eigenvalue weighted by molar-refractivity contribution is 7.84. The lowest BCUT2D eigenvalue weighted by Gasteiger charge is -2.11. The largest absolute Gasteiger partial charge is 0.480 e. The summed E-state index contributed by atoms with van der Waals surface area (Å²) in [4.78, 5) is 23.2. The summed E-state index contributed by atoms with van der Waals surface area (Å²) in [6, 6.07) is 6.99. The zero-order valence-corrected chi connectivity index (χ0v) is 13.1. The molecular formula is C15H19NO5S. The molecule has 1 aliphatic carbocycles. The molecule has 0 aromatic heterocycles. The van der Waals surface area contributed by atoms with E-state index in [1.807, 2.05) is 6.07 Å². The van der Waals surface area contributed by atoms with Crippen molar-refractivity contribution in [3.63, 3.8) is 0 Å². The molecule has 6 nitrogen and oxygen atoms in total. The Kier molecular flexibility index (Phi) is 5.31. The van der Waals surface area contributed by atoms with Crippen LogP contribution in [0.2, 0.25) is 0 Å². The monoisotopic (exact) mass is 325 g/mol.